The summed E-state index contributed by atoms with van der Waals surface area (Å²) in [5.74, 6) is 0.979. The van der Waals surface area contributed by atoms with Crippen LogP contribution in [0.2, 0.25) is 0 Å². The maximum absolute atomic E-state index is 9.08. The molecule has 0 unspecified atom stereocenters. The van der Waals surface area contributed by atoms with E-state index >= 15 is 0 Å². The number of fused-ring (bicyclic) bond motifs is 3. The second-order valence-corrected chi connectivity index (χ2v) is 6.00. The minimum absolute atomic E-state index is 0.175. The van der Waals surface area contributed by atoms with Gasteiger partial charge < -0.3 is 9.67 Å². The Morgan fingerprint density at radius 1 is 1.21 bits per heavy atom. The monoisotopic (exact) mass is 321 g/mol. The van der Waals surface area contributed by atoms with Gasteiger partial charge >= 0.3 is 0 Å². The van der Waals surface area contributed by atoms with Gasteiger partial charge in [0.25, 0.3) is 0 Å². The van der Waals surface area contributed by atoms with Crippen LogP contribution in [0.25, 0.3) is 33.2 Å². The fourth-order valence-corrected chi connectivity index (χ4v) is 3.20. The fourth-order valence-electron chi connectivity index (χ4n) is 3.20. The molecule has 4 rings (SSSR count). The van der Waals surface area contributed by atoms with Crippen LogP contribution in [0.4, 0.5) is 0 Å². The van der Waals surface area contributed by atoms with Crippen molar-refractivity contribution < 1.29 is 5.11 Å². The van der Waals surface area contributed by atoms with Crippen LogP contribution in [0.3, 0.4) is 0 Å². The van der Waals surface area contributed by atoms with Gasteiger partial charge in [0.05, 0.1) is 22.4 Å². The number of aromatic nitrogens is 5. The number of imidazole rings is 1. The lowest BCUT2D eigenvalue weighted by molar-refractivity contribution is 0.287. The number of aryl methyl sites for hydroxylation is 3. The van der Waals surface area contributed by atoms with Crippen molar-refractivity contribution in [2.24, 2.45) is 7.05 Å². The Hall–Kier alpha value is -2.73. The van der Waals surface area contributed by atoms with Crippen LogP contribution < -0.4 is 0 Å². The lowest BCUT2D eigenvalue weighted by Gasteiger charge is -2.06. The number of aromatic amines is 1. The molecule has 24 heavy (non-hydrogen) atoms. The smallest absolute Gasteiger partial charge is 0.111 e. The van der Waals surface area contributed by atoms with Gasteiger partial charge in [0.1, 0.15) is 11.3 Å². The molecule has 2 N–H and O–H groups in total. The third-order valence-electron chi connectivity index (χ3n) is 4.43. The lowest BCUT2D eigenvalue weighted by Crippen LogP contribution is -1.99. The predicted molar refractivity (Wildman–Crippen MR) is 93.7 cm³/mol. The third-order valence-corrected chi connectivity index (χ3v) is 4.43. The van der Waals surface area contributed by atoms with E-state index in [1.54, 1.807) is 0 Å². The highest BCUT2D eigenvalue weighted by Gasteiger charge is 2.15. The van der Waals surface area contributed by atoms with E-state index in [0.717, 1.165) is 51.1 Å². The molecule has 0 spiro atoms. The molecule has 0 saturated carbocycles. The summed E-state index contributed by atoms with van der Waals surface area (Å²) in [5, 5.41) is 17.3. The average Bonchev–Trinajstić information content (AvgIpc) is 3.22. The third kappa shape index (κ3) is 2.27. The van der Waals surface area contributed by atoms with Crippen molar-refractivity contribution >= 4 is 21.9 Å². The van der Waals surface area contributed by atoms with Crippen LogP contribution >= 0.6 is 0 Å². The largest absolute Gasteiger partial charge is 0.396 e. The Morgan fingerprint density at radius 2 is 2.08 bits per heavy atom. The second kappa shape index (κ2) is 5.72. The summed E-state index contributed by atoms with van der Waals surface area (Å²) >= 11 is 0. The van der Waals surface area contributed by atoms with E-state index in [1.807, 2.05) is 26.2 Å². The van der Waals surface area contributed by atoms with Crippen molar-refractivity contribution in [2.45, 2.75) is 19.8 Å². The summed E-state index contributed by atoms with van der Waals surface area (Å²) in [6.45, 7) is 2.17. The molecule has 0 saturated heterocycles. The average molecular weight is 321 g/mol. The molecule has 0 aliphatic rings. The van der Waals surface area contributed by atoms with Crippen molar-refractivity contribution in [3.05, 3.63) is 42.0 Å². The number of hydrogen-bond acceptors (Lipinski definition) is 4. The number of pyridine rings is 1. The first-order valence-corrected chi connectivity index (χ1v) is 8.05. The molecule has 0 bridgehead atoms. The lowest BCUT2D eigenvalue weighted by atomic mass is 10.1. The number of aliphatic hydroxyl groups is 1. The first-order valence-electron chi connectivity index (χ1n) is 8.05. The highest BCUT2D eigenvalue weighted by Crippen LogP contribution is 2.29. The highest BCUT2D eigenvalue weighted by atomic mass is 16.2. The molecule has 0 radical (unpaired) electrons. The van der Waals surface area contributed by atoms with Gasteiger partial charge in [-0.3, -0.25) is 10.1 Å². The summed E-state index contributed by atoms with van der Waals surface area (Å²) < 4.78 is 2.12. The van der Waals surface area contributed by atoms with E-state index in [1.165, 1.54) is 0 Å². The van der Waals surface area contributed by atoms with E-state index in [0.29, 0.717) is 6.42 Å². The Bertz CT molecular complexity index is 1020. The number of benzene rings is 1. The number of aliphatic hydroxyl groups excluding tert-OH is 1. The van der Waals surface area contributed by atoms with Gasteiger partial charge in [0.15, 0.2) is 0 Å². The van der Waals surface area contributed by atoms with Crippen LogP contribution in [0.15, 0.2) is 30.5 Å². The number of rotatable bonds is 4. The predicted octanol–water partition coefficient (Wildman–Crippen LogP) is 2.74. The number of H-pyrrole nitrogens is 1. The topological polar surface area (TPSA) is 79.6 Å². The SMILES string of the molecule is Cc1nc2cc(-c3cc[nH]n3)ccc2c2c1nc(CCCO)n2C. The Labute approximate surface area is 139 Å². The molecular formula is C18H19N5O. The second-order valence-electron chi connectivity index (χ2n) is 6.00. The van der Waals surface area contributed by atoms with Crippen LogP contribution in [-0.4, -0.2) is 36.4 Å². The van der Waals surface area contributed by atoms with Gasteiger partial charge in [-0.15, -0.1) is 0 Å². The van der Waals surface area contributed by atoms with Crippen LogP contribution in [0.5, 0.6) is 0 Å². The van der Waals surface area contributed by atoms with E-state index in [-0.39, 0.29) is 6.61 Å². The molecule has 0 amide bonds. The van der Waals surface area contributed by atoms with Gasteiger partial charge in [-0.2, -0.15) is 5.10 Å². The molecule has 6 heteroatoms. The summed E-state index contributed by atoms with van der Waals surface area (Å²) in [6.07, 6.45) is 3.29. The zero-order chi connectivity index (χ0) is 16.7. The quantitative estimate of drug-likeness (QED) is 0.606. The van der Waals surface area contributed by atoms with E-state index < -0.39 is 0 Å². The number of hydrogen-bond donors (Lipinski definition) is 2. The summed E-state index contributed by atoms with van der Waals surface area (Å²) in [5.41, 5.74) is 5.84. The molecule has 0 aliphatic heterocycles. The Morgan fingerprint density at radius 3 is 2.83 bits per heavy atom. The molecular weight excluding hydrogens is 302 g/mol. The first-order chi connectivity index (χ1) is 11.7. The van der Waals surface area contributed by atoms with Gasteiger partial charge in [-0.1, -0.05) is 6.07 Å². The Balaban J connectivity index is 1.95. The zero-order valence-corrected chi connectivity index (χ0v) is 13.7. The number of nitrogens with one attached hydrogen (secondary N) is 1. The summed E-state index contributed by atoms with van der Waals surface area (Å²) in [6, 6.07) is 8.17. The molecule has 122 valence electrons. The molecule has 3 aromatic heterocycles. The molecule has 3 heterocycles. The first kappa shape index (κ1) is 14.8. The molecule has 1 aromatic carbocycles. The molecule has 0 aliphatic carbocycles. The van der Waals surface area contributed by atoms with E-state index in [4.69, 9.17) is 15.1 Å². The summed E-state index contributed by atoms with van der Waals surface area (Å²) in [4.78, 5) is 9.49. The maximum Gasteiger partial charge on any atom is 0.111 e. The van der Waals surface area contributed by atoms with Crippen molar-refractivity contribution in [2.75, 3.05) is 6.61 Å². The molecule has 4 aromatic rings. The van der Waals surface area contributed by atoms with E-state index in [2.05, 4.69) is 33.0 Å². The van der Waals surface area contributed by atoms with Crippen molar-refractivity contribution in [3.63, 3.8) is 0 Å². The highest BCUT2D eigenvalue weighted by molar-refractivity contribution is 6.04. The van der Waals surface area contributed by atoms with Crippen LogP contribution in [0, 0.1) is 6.92 Å². The zero-order valence-electron chi connectivity index (χ0n) is 13.7. The van der Waals surface area contributed by atoms with E-state index in [9.17, 15) is 0 Å². The minimum atomic E-state index is 0.175. The normalized spacial score (nSPS) is 11.6. The van der Waals surface area contributed by atoms with Crippen LogP contribution in [-0.2, 0) is 13.5 Å². The maximum atomic E-state index is 9.08. The van der Waals surface area contributed by atoms with Crippen molar-refractivity contribution in [3.8, 4) is 11.3 Å². The van der Waals surface area contributed by atoms with Crippen molar-refractivity contribution in [1.82, 2.24) is 24.7 Å². The van der Waals surface area contributed by atoms with Crippen molar-refractivity contribution in [1.29, 1.82) is 0 Å². The molecule has 0 atom stereocenters. The van der Waals surface area contributed by atoms with Gasteiger partial charge in [-0.25, -0.2) is 4.98 Å². The molecule has 0 fully saturated rings. The summed E-state index contributed by atoms with van der Waals surface area (Å²) in [7, 11) is 2.03. The van der Waals surface area contributed by atoms with Gasteiger partial charge in [0, 0.05) is 37.2 Å². The Kier molecular flexibility index (Phi) is 3.54. The number of nitrogens with zero attached hydrogens (tertiary/aromatic N) is 4. The van der Waals surface area contributed by atoms with Crippen LogP contribution in [0.1, 0.15) is 17.9 Å². The van der Waals surface area contributed by atoms with Gasteiger partial charge in [0.2, 0.25) is 0 Å². The van der Waals surface area contributed by atoms with Gasteiger partial charge in [-0.05, 0) is 31.5 Å². The fraction of sp³-hybridized carbons (Fsp3) is 0.278. The standard InChI is InChI=1S/C18H19N5O/c1-11-17-18(23(2)16(21-17)4-3-9-24)13-6-5-12(10-15(13)20-11)14-7-8-19-22-14/h5-8,10,24H,3-4,9H2,1-2H3,(H,19,22). The minimum Gasteiger partial charge on any atom is -0.396 e. The molecule has 6 nitrogen and oxygen atoms in total.